The average molecular weight is 609 g/mol. The summed E-state index contributed by atoms with van der Waals surface area (Å²) in [7, 11) is 0. The molecule has 0 bridgehead atoms. The predicted octanol–water partition coefficient (Wildman–Crippen LogP) is 3.13. The highest BCUT2D eigenvalue weighted by Crippen LogP contribution is 2.23. The van der Waals surface area contributed by atoms with Crippen molar-refractivity contribution in [1.29, 1.82) is 0 Å². The van der Waals surface area contributed by atoms with E-state index in [-0.39, 0.29) is 28.6 Å². The fraction of sp³-hybridized carbons (Fsp3) is 0.533. The van der Waals surface area contributed by atoms with Crippen molar-refractivity contribution in [2.75, 3.05) is 5.75 Å². The Kier molecular flexibility index (Phi) is 14.9. The van der Waals surface area contributed by atoms with Gasteiger partial charge in [-0.2, -0.15) is 11.8 Å². The second-order valence-electron chi connectivity index (χ2n) is 10.4. The number of hydrogen-bond acceptors (Lipinski definition) is 7. The second kappa shape index (κ2) is 17.8. The number of carbonyl (C=O) groups excluding carboxylic acids is 3. The molecule has 2 rings (SSSR count). The first kappa shape index (κ1) is 35.1. The monoisotopic (exact) mass is 608 g/mol. The molecule has 0 aliphatic carbocycles. The van der Waals surface area contributed by atoms with Crippen molar-refractivity contribution in [3.63, 3.8) is 0 Å². The van der Waals surface area contributed by atoms with Crippen LogP contribution in [0.4, 0.5) is 8.78 Å². The minimum Gasteiger partial charge on any atom is -0.388 e. The van der Waals surface area contributed by atoms with E-state index >= 15 is 0 Å². The molecule has 0 aliphatic heterocycles. The highest BCUT2D eigenvalue weighted by Gasteiger charge is 2.34. The molecule has 42 heavy (non-hydrogen) atoms. The van der Waals surface area contributed by atoms with Crippen molar-refractivity contribution < 1.29 is 33.4 Å². The van der Waals surface area contributed by atoms with E-state index in [0.717, 1.165) is 37.8 Å². The fourth-order valence-corrected chi connectivity index (χ4v) is 6.08. The van der Waals surface area contributed by atoms with E-state index < -0.39 is 59.7 Å². The molecule has 1 heterocycles. The molecule has 5 N–H and O–H groups in total. The number of carbonyl (C=O) groups is 3. The summed E-state index contributed by atoms with van der Waals surface area (Å²) in [5, 5.41) is 30.1. The van der Waals surface area contributed by atoms with Gasteiger partial charge in [-0.15, -0.1) is 0 Å². The summed E-state index contributed by atoms with van der Waals surface area (Å²) in [4.78, 5) is 42.1. The summed E-state index contributed by atoms with van der Waals surface area (Å²) in [5.74, 6) is -3.06. The number of benzene rings is 1. The third-order valence-electron chi connectivity index (χ3n) is 6.68. The summed E-state index contributed by atoms with van der Waals surface area (Å²) in [6.45, 7) is 6.88. The first-order chi connectivity index (χ1) is 19.9. The number of thioether (sulfide) groups is 1. The third-order valence-corrected chi connectivity index (χ3v) is 8.15. The smallest absolute Gasteiger partial charge is 0.253 e. The number of halogens is 2. The molecule has 3 amide bonds. The first-order valence-electron chi connectivity index (χ1n) is 14.2. The quantitative estimate of drug-likeness (QED) is 0.186. The van der Waals surface area contributed by atoms with Crippen molar-refractivity contribution in [2.45, 2.75) is 95.4 Å². The molecule has 0 saturated carbocycles. The summed E-state index contributed by atoms with van der Waals surface area (Å²) in [5.41, 5.74) is 0.387. The number of rotatable bonds is 17. The Hall–Kier alpha value is -3.09. The molecule has 2 aromatic rings. The van der Waals surface area contributed by atoms with Crippen LogP contribution in [0.25, 0.3) is 0 Å². The maximum atomic E-state index is 14.0. The van der Waals surface area contributed by atoms with Crippen LogP contribution < -0.4 is 16.0 Å². The number of amides is 3. The Morgan fingerprint density at radius 3 is 2.17 bits per heavy atom. The number of pyridine rings is 1. The van der Waals surface area contributed by atoms with E-state index in [2.05, 4.69) is 34.8 Å². The SMILES string of the molecule is CCCC(CCC)SC[C@@H](NC(=O)c1cccnc1)C(=O)N[C@@H](Cc1cc(F)cc(F)c1)[C@@H](O)[C@H](O)[C@@H](C)NC(C)=O. The van der Waals surface area contributed by atoms with Gasteiger partial charge in [-0.3, -0.25) is 19.4 Å². The molecule has 232 valence electrons. The Bertz CT molecular complexity index is 1130. The number of aliphatic hydroxyl groups is 2. The lowest BCUT2D eigenvalue weighted by atomic mass is 9.94. The molecule has 0 radical (unpaired) electrons. The first-order valence-corrected chi connectivity index (χ1v) is 15.2. The van der Waals surface area contributed by atoms with Crippen molar-refractivity contribution in [3.8, 4) is 0 Å². The molecule has 9 nitrogen and oxygen atoms in total. The number of aliphatic hydroxyl groups excluding tert-OH is 2. The topological polar surface area (TPSA) is 141 Å². The van der Waals surface area contributed by atoms with Crippen LogP contribution in [-0.4, -0.2) is 74.3 Å². The van der Waals surface area contributed by atoms with Gasteiger partial charge in [-0.25, -0.2) is 8.78 Å². The largest absolute Gasteiger partial charge is 0.388 e. The van der Waals surface area contributed by atoms with Crippen LogP contribution in [0.3, 0.4) is 0 Å². The minimum absolute atomic E-state index is 0.132. The van der Waals surface area contributed by atoms with Crippen LogP contribution in [0.5, 0.6) is 0 Å². The Morgan fingerprint density at radius 2 is 1.62 bits per heavy atom. The van der Waals surface area contributed by atoms with Crippen LogP contribution in [-0.2, 0) is 16.0 Å². The molecular formula is C30H42F2N4O5S. The molecule has 1 aromatic heterocycles. The molecule has 0 spiro atoms. The average Bonchev–Trinajstić information content (AvgIpc) is 2.93. The van der Waals surface area contributed by atoms with Crippen molar-refractivity contribution in [1.82, 2.24) is 20.9 Å². The number of aromatic nitrogens is 1. The number of nitrogens with zero attached hydrogens (tertiary/aromatic N) is 1. The molecule has 1 aromatic carbocycles. The van der Waals surface area contributed by atoms with Gasteiger partial charge in [0.05, 0.1) is 17.6 Å². The van der Waals surface area contributed by atoms with Crippen molar-refractivity contribution in [3.05, 3.63) is 65.5 Å². The lowest BCUT2D eigenvalue weighted by Crippen LogP contribution is -2.59. The zero-order chi connectivity index (χ0) is 31.2. The van der Waals surface area contributed by atoms with Gasteiger partial charge >= 0.3 is 0 Å². The van der Waals surface area contributed by atoms with Gasteiger partial charge in [0.1, 0.15) is 29.9 Å². The number of nitrogens with one attached hydrogen (secondary N) is 3. The summed E-state index contributed by atoms with van der Waals surface area (Å²) < 4.78 is 27.9. The molecule has 0 saturated heterocycles. The maximum Gasteiger partial charge on any atom is 0.253 e. The highest BCUT2D eigenvalue weighted by molar-refractivity contribution is 7.99. The highest BCUT2D eigenvalue weighted by atomic mass is 32.2. The van der Waals surface area contributed by atoms with E-state index in [1.54, 1.807) is 23.9 Å². The van der Waals surface area contributed by atoms with Gasteiger partial charge in [0, 0.05) is 36.4 Å². The summed E-state index contributed by atoms with van der Waals surface area (Å²) in [6, 6.07) is 2.82. The minimum atomic E-state index is -1.64. The molecule has 0 fully saturated rings. The maximum absolute atomic E-state index is 14.0. The van der Waals surface area contributed by atoms with Crippen LogP contribution in [0.2, 0.25) is 0 Å². The van der Waals surface area contributed by atoms with Crippen molar-refractivity contribution >= 4 is 29.5 Å². The molecule has 12 heteroatoms. The number of hydrogen-bond donors (Lipinski definition) is 5. The van der Waals surface area contributed by atoms with Gasteiger partial charge in [0.15, 0.2) is 0 Å². The Morgan fingerprint density at radius 1 is 0.976 bits per heavy atom. The zero-order valence-electron chi connectivity index (χ0n) is 24.5. The molecule has 5 atom stereocenters. The van der Waals surface area contributed by atoms with E-state index in [4.69, 9.17) is 0 Å². The lowest BCUT2D eigenvalue weighted by molar-refractivity contribution is -0.126. The fourth-order valence-electron chi connectivity index (χ4n) is 4.57. The van der Waals surface area contributed by atoms with Gasteiger partial charge < -0.3 is 26.2 Å². The molecule has 0 aliphatic rings. The third kappa shape index (κ3) is 11.7. The van der Waals surface area contributed by atoms with E-state index in [1.165, 1.54) is 26.2 Å². The zero-order valence-corrected chi connectivity index (χ0v) is 25.3. The van der Waals surface area contributed by atoms with Gasteiger partial charge in [0.25, 0.3) is 5.91 Å². The van der Waals surface area contributed by atoms with Gasteiger partial charge in [-0.1, -0.05) is 26.7 Å². The van der Waals surface area contributed by atoms with Crippen LogP contribution in [0, 0.1) is 11.6 Å². The summed E-state index contributed by atoms with van der Waals surface area (Å²) in [6.07, 6.45) is 3.26. The van der Waals surface area contributed by atoms with E-state index in [0.29, 0.717) is 6.07 Å². The summed E-state index contributed by atoms with van der Waals surface area (Å²) >= 11 is 1.56. The van der Waals surface area contributed by atoms with E-state index in [9.17, 15) is 33.4 Å². The van der Waals surface area contributed by atoms with Gasteiger partial charge in [0.2, 0.25) is 11.8 Å². The van der Waals surface area contributed by atoms with E-state index in [1.807, 2.05) is 0 Å². The van der Waals surface area contributed by atoms with Crippen molar-refractivity contribution in [2.24, 2.45) is 0 Å². The predicted molar refractivity (Wildman–Crippen MR) is 159 cm³/mol. The Balaban J connectivity index is 2.35. The van der Waals surface area contributed by atoms with Crippen LogP contribution >= 0.6 is 11.8 Å². The second-order valence-corrected chi connectivity index (χ2v) is 11.7. The van der Waals surface area contributed by atoms with Gasteiger partial charge in [-0.05, 0) is 56.0 Å². The Labute approximate surface area is 250 Å². The molecular weight excluding hydrogens is 566 g/mol. The lowest BCUT2D eigenvalue weighted by Gasteiger charge is -2.32. The standard InChI is InChI=1S/C30H42F2N4O5S/c1-5-8-24(9-6-2)42-17-26(36-29(40)21-10-7-11-33-16-21)30(41)35-25(14-20-12-22(31)15-23(32)13-20)28(39)27(38)18(3)34-19(4)37/h7,10-13,15-16,18,24-28,38-39H,5-6,8-9,14,17H2,1-4H3,(H,34,37)(H,35,41)(H,36,40)/t18-,25+,26-,27-,28-/m1/s1. The van der Waals surface area contributed by atoms with Crippen LogP contribution in [0.1, 0.15) is 69.3 Å². The molecule has 0 unspecified atom stereocenters. The normalized spacial score (nSPS) is 14.9. The van der Waals surface area contributed by atoms with Crippen LogP contribution in [0.15, 0.2) is 42.7 Å².